The Balaban J connectivity index is 0.742. The van der Waals surface area contributed by atoms with E-state index in [1.54, 1.807) is 0 Å². The summed E-state index contributed by atoms with van der Waals surface area (Å²) in [7, 11) is 0. The molecule has 1 aliphatic heterocycles. The van der Waals surface area contributed by atoms with Gasteiger partial charge >= 0.3 is 0 Å². The van der Waals surface area contributed by atoms with Crippen LogP contribution in [0.5, 0.6) is 0 Å². The van der Waals surface area contributed by atoms with Gasteiger partial charge in [-0.1, -0.05) is 61.4 Å². The molecule has 6 saturated carbocycles. The standard InChI is InChI=1S/C44H52N8O2/c45-39(32-14-27-12-28(27)15-32)43(53)51-34(11-22-1-2-22)41-47-20-35(49-41)25-7-3-23(4-8-25)24-5-9-26(10-6-24)36-21-48-42(50-36)38-19-31-18-37(31)52(38)44(54)40(46)33-16-29-13-30(29)17-33/h3-10,20-22,27-34,37-40H,1-2,11-19,45-46H2,(H,47,49)(H,48,50)(H,51,53)/t27-,28+,29-,30+,31-,32-,33-,34+,37-,38+,39?,40?/m1/s1. The van der Waals surface area contributed by atoms with E-state index in [-0.39, 0.29) is 29.9 Å². The Morgan fingerprint density at radius 1 is 0.685 bits per heavy atom. The smallest absolute Gasteiger partial charge is 0.240 e. The fraction of sp³-hybridized carbons (Fsp3) is 0.545. The van der Waals surface area contributed by atoms with Crippen molar-refractivity contribution < 1.29 is 9.59 Å². The van der Waals surface area contributed by atoms with E-state index in [1.165, 1.54) is 25.7 Å². The average Bonchev–Trinajstić information content (AvgIpc) is 4.19. The van der Waals surface area contributed by atoms with Crippen molar-refractivity contribution >= 4 is 11.8 Å². The molecule has 10 heteroatoms. The molecule has 10 nitrogen and oxygen atoms in total. The average molecular weight is 725 g/mol. The van der Waals surface area contributed by atoms with E-state index in [9.17, 15) is 9.59 Å². The molecule has 2 amide bonds. The van der Waals surface area contributed by atoms with Crippen LogP contribution in [0.15, 0.2) is 60.9 Å². The highest BCUT2D eigenvalue weighted by atomic mass is 16.2. The number of nitrogens with one attached hydrogen (secondary N) is 3. The Kier molecular flexibility index (Phi) is 7.74. The molecule has 7 fully saturated rings. The van der Waals surface area contributed by atoms with E-state index in [2.05, 4.69) is 68.7 Å². The monoisotopic (exact) mass is 724 g/mol. The van der Waals surface area contributed by atoms with Crippen LogP contribution in [-0.4, -0.2) is 54.8 Å². The van der Waals surface area contributed by atoms with Crippen molar-refractivity contribution in [2.45, 2.75) is 101 Å². The van der Waals surface area contributed by atoms with E-state index < -0.39 is 6.04 Å². The summed E-state index contributed by atoms with van der Waals surface area (Å²) in [5.41, 5.74) is 19.2. The van der Waals surface area contributed by atoms with Gasteiger partial charge in [-0.05, 0) is 116 Å². The zero-order valence-corrected chi connectivity index (χ0v) is 30.9. The van der Waals surface area contributed by atoms with E-state index in [4.69, 9.17) is 21.4 Å². The highest BCUT2D eigenvalue weighted by Crippen LogP contribution is 2.57. The number of piperidine rings is 1. The third-order valence-corrected chi connectivity index (χ3v) is 14.6. The minimum absolute atomic E-state index is 0.0199. The minimum Gasteiger partial charge on any atom is -0.346 e. The number of amides is 2. The number of nitrogens with two attached hydrogens (primary N) is 2. The highest BCUT2D eigenvalue weighted by molar-refractivity contribution is 5.84. The summed E-state index contributed by atoms with van der Waals surface area (Å²) in [4.78, 5) is 45.9. The lowest BCUT2D eigenvalue weighted by Gasteiger charge is -2.31. The molecule has 0 radical (unpaired) electrons. The van der Waals surface area contributed by atoms with Gasteiger partial charge < -0.3 is 31.7 Å². The second-order valence-electron chi connectivity index (χ2n) is 18.3. The normalized spacial score (nSPS) is 33.1. The van der Waals surface area contributed by atoms with Crippen molar-refractivity contribution in [1.82, 2.24) is 30.2 Å². The van der Waals surface area contributed by atoms with Crippen LogP contribution in [-0.2, 0) is 9.59 Å². The number of imidazole rings is 2. The molecule has 6 aliphatic carbocycles. The number of fused-ring (bicyclic) bond motifs is 3. The molecule has 2 aromatic heterocycles. The number of rotatable bonds is 12. The van der Waals surface area contributed by atoms with E-state index in [0.29, 0.717) is 29.7 Å². The van der Waals surface area contributed by atoms with Crippen LogP contribution in [0.4, 0.5) is 0 Å². The summed E-state index contributed by atoms with van der Waals surface area (Å²) in [5.74, 6) is 6.88. The molecule has 0 spiro atoms. The molecule has 280 valence electrons. The fourth-order valence-electron chi connectivity index (χ4n) is 10.9. The molecule has 4 aromatic rings. The van der Waals surface area contributed by atoms with Crippen LogP contribution in [0.3, 0.4) is 0 Å². The van der Waals surface area contributed by atoms with Gasteiger partial charge in [-0.2, -0.15) is 0 Å². The van der Waals surface area contributed by atoms with Crippen molar-refractivity contribution in [2.24, 2.45) is 58.8 Å². The number of H-pyrrole nitrogens is 2. The maximum Gasteiger partial charge on any atom is 0.240 e. The number of aromatic amines is 2. The van der Waals surface area contributed by atoms with Crippen LogP contribution in [0.2, 0.25) is 0 Å². The molecule has 2 aromatic carbocycles. The molecule has 11 rings (SSSR count). The van der Waals surface area contributed by atoms with Crippen molar-refractivity contribution in [1.29, 1.82) is 0 Å². The number of hydrogen-bond donors (Lipinski definition) is 5. The van der Waals surface area contributed by atoms with Crippen LogP contribution in [0, 0.1) is 47.3 Å². The zero-order chi connectivity index (χ0) is 36.2. The fourth-order valence-corrected chi connectivity index (χ4v) is 10.9. The van der Waals surface area contributed by atoms with Crippen molar-refractivity contribution in [3.8, 4) is 33.6 Å². The predicted octanol–water partition coefficient (Wildman–Crippen LogP) is 6.50. The SMILES string of the molecule is NC(C(=O)N[C@@H](CC1CC1)c1nc(-c2ccc(-c3ccc(-c4c[nH]c([C@@H]5C[C@H]6C[C@H]6N5C(=O)C(N)[C@H]5C[C@@H]6C[C@@H]6C5)n4)cc3)cc2)c[nH]1)[C@H]1C[C@@H]2C[C@@H]2C1. The molecule has 0 bridgehead atoms. The topological polar surface area (TPSA) is 159 Å². The summed E-state index contributed by atoms with van der Waals surface area (Å²) >= 11 is 0. The van der Waals surface area contributed by atoms with Crippen molar-refractivity contribution in [3.63, 3.8) is 0 Å². The highest BCUT2D eigenvalue weighted by Gasteiger charge is 2.57. The Morgan fingerprint density at radius 3 is 1.85 bits per heavy atom. The molecule has 1 saturated heterocycles. The summed E-state index contributed by atoms with van der Waals surface area (Å²) in [6.07, 6.45) is 16.4. The quantitative estimate of drug-likeness (QED) is 0.112. The lowest BCUT2D eigenvalue weighted by atomic mass is 9.93. The van der Waals surface area contributed by atoms with Gasteiger partial charge in [-0.15, -0.1) is 0 Å². The lowest BCUT2D eigenvalue weighted by Crippen LogP contribution is -2.48. The van der Waals surface area contributed by atoms with Crippen LogP contribution < -0.4 is 16.8 Å². The summed E-state index contributed by atoms with van der Waals surface area (Å²) < 4.78 is 0. The first-order chi connectivity index (χ1) is 26.3. The molecular weight excluding hydrogens is 673 g/mol. The lowest BCUT2D eigenvalue weighted by molar-refractivity contribution is -0.136. The number of likely N-dealkylation sites (tertiary alicyclic amines) is 1. The Morgan fingerprint density at radius 2 is 1.24 bits per heavy atom. The van der Waals surface area contributed by atoms with Crippen LogP contribution >= 0.6 is 0 Å². The first-order valence-corrected chi connectivity index (χ1v) is 20.8. The molecule has 3 heterocycles. The molecule has 2 unspecified atom stereocenters. The van der Waals surface area contributed by atoms with E-state index in [0.717, 1.165) is 114 Å². The summed E-state index contributed by atoms with van der Waals surface area (Å²) in [6.45, 7) is 0. The summed E-state index contributed by atoms with van der Waals surface area (Å²) in [6, 6.07) is 16.3. The molecule has 7 N–H and O–H groups in total. The van der Waals surface area contributed by atoms with Crippen LogP contribution in [0.1, 0.15) is 94.4 Å². The Bertz CT molecular complexity index is 2050. The first kappa shape index (κ1) is 33.1. The van der Waals surface area contributed by atoms with E-state index in [1.807, 2.05) is 12.4 Å². The summed E-state index contributed by atoms with van der Waals surface area (Å²) in [5, 5.41) is 3.28. The maximum atomic E-state index is 13.7. The Hall–Kier alpha value is -4.28. The molecular formula is C44H52N8O2. The third-order valence-electron chi connectivity index (χ3n) is 14.6. The van der Waals surface area contributed by atoms with Gasteiger partial charge in [-0.25, -0.2) is 9.97 Å². The maximum absolute atomic E-state index is 13.7. The van der Waals surface area contributed by atoms with Gasteiger partial charge in [0.05, 0.1) is 35.6 Å². The number of carbonyl (C=O) groups excluding carboxylic acids is 2. The van der Waals surface area contributed by atoms with Gasteiger partial charge in [0, 0.05) is 29.6 Å². The van der Waals surface area contributed by atoms with Crippen molar-refractivity contribution in [2.75, 3.05) is 0 Å². The zero-order valence-electron chi connectivity index (χ0n) is 30.9. The molecule has 54 heavy (non-hydrogen) atoms. The number of aromatic nitrogens is 4. The number of hydrogen-bond acceptors (Lipinski definition) is 6. The molecule has 7 aliphatic rings. The largest absolute Gasteiger partial charge is 0.346 e. The second-order valence-corrected chi connectivity index (χ2v) is 18.3. The van der Waals surface area contributed by atoms with Gasteiger partial charge in [0.1, 0.15) is 11.6 Å². The second kappa shape index (κ2) is 12.6. The van der Waals surface area contributed by atoms with Crippen LogP contribution in [0.25, 0.3) is 33.6 Å². The number of nitrogens with zero attached hydrogens (tertiary/aromatic N) is 3. The predicted molar refractivity (Wildman–Crippen MR) is 206 cm³/mol. The first-order valence-electron chi connectivity index (χ1n) is 20.8. The Labute approximate surface area is 316 Å². The molecule has 12 atom stereocenters. The van der Waals surface area contributed by atoms with Gasteiger partial charge in [0.15, 0.2) is 0 Å². The van der Waals surface area contributed by atoms with E-state index >= 15 is 0 Å². The van der Waals surface area contributed by atoms with Gasteiger partial charge in [0.25, 0.3) is 0 Å². The third kappa shape index (κ3) is 6.10. The number of benzene rings is 2. The number of carbonyl (C=O) groups is 2. The van der Waals surface area contributed by atoms with Gasteiger partial charge in [0.2, 0.25) is 11.8 Å². The van der Waals surface area contributed by atoms with Gasteiger partial charge in [-0.3, -0.25) is 9.59 Å². The van der Waals surface area contributed by atoms with Crippen molar-refractivity contribution in [3.05, 3.63) is 72.6 Å². The minimum atomic E-state index is -0.437.